The topological polar surface area (TPSA) is 124 Å². The second kappa shape index (κ2) is 23.6. The number of esters is 1. The predicted octanol–water partition coefficient (Wildman–Crippen LogP) is -2.15. The van der Waals surface area contributed by atoms with Crippen molar-refractivity contribution in [2.75, 3.05) is 0 Å². The Labute approximate surface area is 239 Å². The molecule has 0 radical (unpaired) electrons. The van der Waals surface area contributed by atoms with E-state index in [1.165, 1.54) is 57.8 Å². The van der Waals surface area contributed by atoms with Gasteiger partial charge in [0, 0.05) is 12.4 Å². The summed E-state index contributed by atoms with van der Waals surface area (Å²) in [4.78, 5) is 22.7. The normalized spacial score (nSPS) is 12.8. The Morgan fingerprint density at radius 3 is 1.56 bits per heavy atom. The van der Waals surface area contributed by atoms with Crippen LogP contribution in [0, 0.1) is 0 Å². The number of hydrogen-bond acceptors (Lipinski definition) is 7. The van der Waals surface area contributed by atoms with Crippen LogP contribution in [0.3, 0.4) is 0 Å². The van der Waals surface area contributed by atoms with Crippen LogP contribution in [0.15, 0.2) is 0 Å². The first-order valence-electron chi connectivity index (χ1n) is 11.6. The van der Waals surface area contributed by atoms with Gasteiger partial charge in [-0.3, -0.25) is 4.79 Å². The van der Waals surface area contributed by atoms with Gasteiger partial charge in [-0.05, 0) is 19.3 Å². The van der Waals surface area contributed by atoms with E-state index in [2.05, 4.69) is 6.92 Å². The number of aliphatic carboxylic acids is 1. The number of carbonyl (C=O) groups is 2. The van der Waals surface area contributed by atoms with Gasteiger partial charge in [0.1, 0.15) is 16.2 Å². The standard InChI is InChI=1S/C22H42O7S.2Na/c1-3-5-6-7-8-9-10-11-12-13-14-15-17-19(16-4-2)29-22(25)20(18-21(23)24)30(26,27)28;;/h19-20H,3-18H2,1-2H3,(H,23,24)(H,26,27,28);;/q;2*+1/p-2. The van der Waals surface area contributed by atoms with Gasteiger partial charge in [0.25, 0.3) is 0 Å². The molecule has 7 nitrogen and oxygen atoms in total. The van der Waals surface area contributed by atoms with E-state index < -0.39 is 39.8 Å². The van der Waals surface area contributed by atoms with Gasteiger partial charge in [0.2, 0.25) is 0 Å². The van der Waals surface area contributed by atoms with E-state index in [1.807, 2.05) is 6.92 Å². The Kier molecular flexibility index (Phi) is 27.6. The second-order valence-corrected chi connectivity index (χ2v) is 9.64. The quantitative estimate of drug-likeness (QED) is 0.0818. The Hall–Kier alpha value is 0.850. The molecule has 178 valence electrons. The van der Waals surface area contributed by atoms with Gasteiger partial charge in [0.05, 0.1) is 0 Å². The zero-order valence-corrected chi connectivity index (χ0v) is 25.6. The number of ether oxygens (including phenoxy) is 1. The van der Waals surface area contributed by atoms with E-state index in [0.717, 1.165) is 25.7 Å². The van der Waals surface area contributed by atoms with E-state index in [1.54, 1.807) is 0 Å². The summed E-state index contributed by atoms with van der Waals surface area (Å²) in [7, 11) is -5.11. The van der Waals surface area contributed by atoms with Crippen molar-refractivity contribution in [3.63, 3.8) is 0 Å². The van der Waals surface area contributed by atoms with Crippen molar-refractivity contribution >= 4 is 22.1 Å². The third-order valence-corrected chi connectivity index (χ3v) is 6.29. The number of carbonyl (C=O) groups excluding carboxylic acids is 2. The molecule has 0 aliphatic heterocycles. The van der Waals surface area contributed by atoms with Crippen LogP contribution in [0.1, 0.15) is 117 Å². The molecule has 0 saturated heterocycles. The van der Waals surface area contributed by atoms with Crippen molar-refractivity contribution < 1.29 is 91.5 Å². The van der Waals surface area contributed by atoms with Crippen molar-refractivity contribution in [2.45, 2.75) is 128 Å². The Balaban J connectivity index is -0.00000420. The maximum absolute atomic E-state index is 12.0. The maximum atomic E-state index is 12.0. The van der Waals surface area contributed by atoms with Crippen LogP contribution in [0.25, 0.3) is 0 Å². The first-order valence-corrected chi connectivity index (χ1v) is 13.0. The van der Waals surface area contributed by atoms with E-state index in [-0.39, 0.29) is 59.1 Å². The number of hydrogen-bond donors (Lipinski definition) is 0. The zero-order valence-electron chi connectivity index (χ0n) is 20.7. The molecule has 0 aliphatic carbocycles. The maximum Gasteiger partial charge on any atom is 1.00 e. The van der Waals surface area contributed by atoms with Crippen LogP contribution in [-0.4, -0.2) is 36.3 Å². The minimum absolute atomic E-state index is 0. The molecular formula is C22H40Na2O7S. The molecule has 0 spiro atoms. The van der Waals surface area contributed by atoms with Gasteiger partial charge >= 0.3 is 65.1 Å². The molecule has 0 amide bonds. The van der Waals surface area contributed by atoms with Crippen molar-refractivity contribution in [3.05, 3.63) is 0 Å². The molecule has 10 heteroatoms. The third kappa shape index (κ3) is 21.4. The summed E-state index contributed by atoms with van der Waals surface area (Å²) in [5, 5.41) is 8.40. The minimum Gasteiger partial charge on any atom is -0.747 e. The summed E-state index contributed by atoms with van der Waals surface area (Å²) >= 11 is 0. The van der Waals surface area contributed by atoms with Gasteiger partial charge in [-0.15, -0.1) is 0 Å². The van der Waals surface area contributed by atoms with E-state index in [4.69, 9.17) is 4.74 Å². The Morgan fingerprint density at radius 1 is 0.750 bits per heavy atom. The summed E-state index contributed by atoms with van der Waals surface area (Å²) in [6, 6.07) is 0. The molecule has 0 aromatic heterocycles. The van der Waals surface area contributed by atoms with Crippen molar-refractivity contribution in [1.29, 1.82) is 0 Å². The van der Waals surface area contributed by atoms with Crippen LogP contribution in [0.2, 0.25) is 0 Å². The van der Waals surface area contributed by atoms with Crippen LogP contribution in [-0.2, 0) is 24.4 Å². The molecule has 0 saturated carbocycles. The molecule has 0 aromatic carbocycles. The molecule has 32 heavy (non-hydrogen) atoms. The molecule has 2 unspecified atom stereocenters. The summed E-state index contributed by atoms with van der Waals surface area (Å²) in [5.41, 5.74) is 0. The van der Waals surface area contributed by atoms with Crippen LogP contribution in [0.4, 0.5) is 0 Å². The molecular weight excluding hydrogens is 454 g/mol. The molecule has 0 heterocycles. The average molecular weight is 495 g/mol. The average Bonchev–Trinajstić information content (AvgIpc) is 2.66. The molecule has 0 fully saturated rings. The first kappa shape index (κ1) is 37.4. The van der Waals surface area contributed by atoms with Crippen molar-refractivity contribution in [3.8, 4) is 0 Å². The monoisotopic (exact) mass is 494 g/mol. The number of unbranched alkanes of at least 4 members (excludes halogenated alkanes) is 11. The third-order valence-electron chi connectivity index (χ3n) is 5.24. The van der Waals surface area contributed by atoms with E-state index in [9.17, 15) is 27.7 Å². The van der Waals surface area contributed by atoms with Gasteiger partial charge < -0.3 is 19.2 Å². The molecule has 0 aliphatic rings. The van der Waals surface area contributed by atoms with Gasteiger partial charge in [-0.1, -0.05) is 90.9 Å². The largest absolute Gasteiger partial charge is 1.00 e. The minimum atomic E-state index is -5.11. The fraction of sp³-hybridized carbons (Fsp3) is 0.909. The summed E-state index contributed by atoms with van der Waals surface area (Å²) in [6.07, 6.45) is 14.7. The van der Waals surface area contributed by atoms with E-state index >= 15 is 0 Å². The van der Waals surface area contributed by atoms with Gasteiger partial charge in [-0.2, -0.15) is 0 Å². The number of carboxylic acids is 1. The van der Waals surface area contributed by atoms with Gasteiger partial charge in [-0.25, -0.2) is 8.42 Å². The SMILES string of the molecule is CCCCCCCCCCCCCCC(CCC)OC(=O)C(CC(=O)[O-])S(=O)(=O)[O-].[Na+].[Na+]. The second-order valence-electron chi connectivity index (χ2n) is 8.08. The van der Waals surface area contributed by atoms with Crippen LogP contribution < -0.4 is 64.2 Å². The smallest absolute Gasteiger partial charge is 0.747 e. The molecule has 2 atom stereocenters. The zero-order chi connectivity index (χ0) is 22.8. The number of rotatable bonds is 20. The molecule has 0 bridgehead atoms. The van der Waals surface area contributed by atoms with Crippen molar-refractivity contribution in [1.82, 2.24) is 0 Å². The first-order chi connectivity index (χ1) is 14.2. The summed E-state index contributed by atoms with van der Waals surface area (Å²) in [6.45, 7) is 4.13. The summed E-state index contributed by atoms with van der Waals surface area (Å²) < 4.78 is 38.7. The van der Waals surface area contributed by atoms with Crippen LogP contribution in [0.5, 0.6) is 0 Å². The molecule has 0 aromatic rings. The summed E-state index contributed by atoms with van der Waals surface area (Å²) in [5.74, 6) is -3.06. The number of carboxylic acid groups (broad SMARTS) is 1. The Morgan fingerprint density at radius 2 is 1.19 bits per heavy atom. The predicted molar refractivity (Wildman–Crippen MR) is 114 cm³/mol. The molecule has 0 N–H and O–H groups in total. The van der Waals surface area contributed by atoms with Crippen LogP contribution >= 0.6 is 0 Å². The molecule has 0 rings (SSSR count). The Bertz CT molecular complexity index is 571. The van der Waals surface area contributed by atoms with Crippen molar-refractivity contribution in [2.24, 2.45) is 0 Å². The van der Waals surface area contributed by atoms with E-state index in [0.29, 0.717) is 12.8 Å². The fourth-order valence-corrected chi connectivity index (χ4v) is 4.12. The fourth-order valence-electron chi connectivity index (χ4n) is 3.49. The van der Waals surface area contributed by atoms with Gasteiger partial charge in [0.15, 0.2) is 5.25 Å².